The van der Waals surface area contributed by atoms with E-state index in [2.05, 4.69) is 15.5 Å². The molecule has 0 radical (unpaired) electrons. The Morgan fingerprint density at radius 2 is 2.23 bits per heavy atom. The van der Waals surface area contributed by atoms with Gasteiger partial charge in [0.05, 0.1) is 18.6 Å². The number of nitrogens with one attached hydrogen (secondary N) is 1. The number of furan rings is 1. The topological polar surface area (TPSA) is 101 Å². The fourth-order valence-corrected chi connectivity index (χ4v) is 3.21. The monoisotopic (exact) mass is 337 g/mol. The molecular formula is C13H11N3O4S2. The van der Waals surface area contributed by atoms with Crippen LogP contribution in [-0.2, 0) is 12.3 Å². The van der Waals surface area contributed by atoms with Gasteiger partial charge < -0.3 is 19.3 Å². The zero-order valence-corrected chi connectivity index (χ0v) is 12.8. The molecule has 7 nitrogen and oxygen atoms in total. The zero-order valence-electron chi connectivity index (χ0n) is 11.2. The molecule has 0 fully saturated rings. The molecule has 0 aliphatic carbocycles. The van der Waals surface area contributed by atoms with Crippen molar-refractivity contribution >= 4 is 28.2 Å². The first-order valence-corrected chi connectivity index (χ1v) is 8.04. The predicted molar refractivity (Wildman–Crippen MR) is 82.1 cm³/mol. The minimum absolute atomic E-state index is 0.394. The van der Waals surface area contributed by atoms with Crippen LogP contribution in [0.2, 0.25) is 0 Å². The molecule has 0 unspecified atom stereocenters. The van der Waals surface area contributed by atoms with E-state index >= 15 is 0 Å². The molecule has 0 bridgehead atoms. The van der Waals surface area contributed by atoms with Crippen LogP contribution >= 0.6 is 23.1 Å². The molecule has 3 heterocycles. The van der Waals surface area contributed by atoms with Crippen LogP contribution in [0.3, 0.4) is 0 Å². The third kappa shape index (κ3) is 3.68. The van der Waals surface area contributed by atoms with Crippen molar-refractivity contribution in [3.05, 3.63) is 52.5 Å². The normalized spacial score (nSPS) is 10.7. The Hall–Kier alpha value is -2.26. The third-order valence-corrected chi connectivity index (χ3v) is 4.64. The van der Waals surface area contributed by atoms with E-state index in [0.29, 0.717) is 23.2 Å². The molecule has 0 saturated carbocycles. The maximum atomic E-state index is 11.3. The van der Waals surface area contributed by atoms with E-state index < -0.39 is 11.2 Å². The zero-order chi connectivity index (χ0) is 15.4. The number of aromatic nitrogens is 2. The highest BCUT2D eigenvalue weighted by atomic mass is 32.2. The number of hydrogen-bond acceptors (Lipinski definition) is 9. The van der Waals surface area contributed by atoms with Crippen LogP contribution < -0.4 is 10.7 Å². The van der Waals surface area contributed by atoms with E-state index in [1.54, 1.807) is 6.26 Å². The Balaban J connectivity index is 1.55. The first-order valence-electron chi connectivity index (χ1n) is 6.24. The highest BCUT2D eigenvalue weighted by Gasteiger charge is 2.08. The summed E-state index contributed by atoms with van der Waals surface area (Å²) in [5.41, 5.74) is -0.458. The lowest BCUT2D eigenvalue weighted by molar-refractivity contribution is 0.419. The highest BCUT2D eigenvalue weighted by Crippen LogP contribution is 2.28. The molecule has 3 rings (SSSR count). The van der Waals surface area contributed by atoms with Gasteiger partial charge in [0, 0.05) is 6.07 Å². The van der Waals surface area contributed by atoms with Crippen molar-refractivity contribution < 1.29 is 13.9 Å². The second-order valence-corrected chi connectivity index (χ2v) is 6.39. The average Bonchev–Trinajstić information content (AvgIpc) is 3.17. The average molecular weight is 337 g/mol. The van der Waals surface area contributed by atoms with Gasteiger partial charge in [-0.15, -0.1) is 10.2 Å². The number of anilines is 1. The molecule has 9 heteroatoms. The molecule has 0 amide bonds. The summed E-state index contributed by atoms with van der Waals surface area (Å²) in [6.07, 6.45) is 2.65. The minimum atomic E-state index is -0.458. The number of nitrogens with zero attached hydrogens (tertiary/aromatic N) is 2. The first kappa shape index (κ1) is 14.7. The molecule has 0 aromatic carbocycles. The molecular weight excluding hydrogens is 326 g/mol. The summed E-state index contributed by atoms with van der Waals surface area (Å²) in [7, 11) is 0. The maximum Gasteiger partial charge on any atom is 0.226 e. The van der Waals surface area contributed by atoms with Crippen LogP contribution in [0.15, 0.2) is 48.7 Å². The maximum absolute atomic E-state index is 11.3. The first-order chi connectivity index (χ1) is 10.7. The highest BCUT2D eigenvalue weighted by molar-refractivity contribution is 8.00. The van der Waals surface area contributed by atoms with Crippen LogP contribution in [0.25, 0.3) is 0 Å². The Morgan fingerprint density at radius 1 is 1.32 bits per heavy atom. The summed E-state index contributed by atoms with van der Waals surface area (Å²) < 4.78 is 11.1. The third-order valence-electron chi connectivity index (χ3n) is 2.60. The van der Waals surface area contributed by atoms with Crippen LogP contribution in [0.5, 0.6) is 5.75 Å². The SMILES string of the molecule is O=c1cc(CSc2nnc(NCc3ccco3)s2)occ1O. The van der Waals surface area contributed by atoms with E-state index in [1.165, 1.54) is 29.2 Å². The molecule has 0 atom stereocenters. The molecule has 0 aliphatic rings. The Kier molecular flexibility index (Phi) is 4.45. The number of thioether (sulfide) groups is 1. The van der Waals surface area contributed by atoms with Gasteiger partial charge in [0.2, 0.25) is 10.6 Å². The molecule has 22 heavy (non-hydrogen) atoms. The lowest BCUT2D eigenvalue weighted by Gasteiger charge is -1.98. The van der Waals surface area contributed by atoms with E-state index in [1.807, 2.05) is 12.1 Å². The smallest absolute Gasteiger partial charge is 0.226 e. The summed E-state index contributed by atoms with van der Waals surface area (Å²) in [5, 5.41) is 21.0. The minimum Gasteiger partial charge on any atom is -0.502 e. The van der Waals surface area contributed by atoms with Crippen LogP contribution in [0, 0.1) is 0 Å². The van der Waals surface area contributed by atoms with Crippen molar-refractivity contribution in [2.45, 2.75) is 16.6 Å². The van der Waals surface area contributed by atoms with Gasteiger partial charge in [-0.1, -0.05) is 23.1 Å². The van der Waals surface area contributed by atoms with Gasteiger partial charge in [0.15, 0.2) is 10.1 Å². The molecule has 2 N–H and O–H groups in total. The van der Waals surface area contributed by atoms with E-state index in [-0.39, 0.29) is 0 Å². The van der Waals surface area contributed by atoms with Crippen LogP contribution in [0.4, 0.5) is 5.13 Å². The van der Waals surface area contributed by atoms with Gasteiger partial charge in [-0.05, 0) is 12.1 Å². The lowest BCUT2D eigenvalue weighted by Crippen LogP contribution is -1.98. The predicted octanol–water partition coefficient (Wildman–Crippen LogP) is 2.69. The molecule has 0 spiro atoms. The van der Waals surface area contributed by atoms with Gasteiger partial charge in [0.1, 0.15) is 17.8 Å². The van der Waals surface area contributed by atoms with Crippen molar-refractivity contribution in [3.63, 3.8) is 0 Å². The summed E-state index contributed by atoms with van der Waals surface area (Å²) in [5.74, 6) is 1.32. The second-order valence-electron chi connectivity index (χ2n) is 4.19. The standard InChI is InChI=1S/C13H11N3O4S2/c17-10-4-9(20-6-11(10)18)7-21-13-16-15-12(22-13)14-5-8-2-1-3-19-8/h1-4,6,18H,5,7H2,(H,14,15). The van der Waals surface area contributed by atoms with Crippen molar-refractivity contribution in [2.24, 2.45) is 0 Å². The fraction of sp³-hybridized carbons (Fsp3) is 0.154. The molecule has 114 valence electrons. The quantitative estimate of drug-likeness (QED) is 0.662. The van der Waals surface area contributed by atoms with Crippen molar-refractivity contribution in [2.75, 3.05) is 5.32 Å². The van der Waals surface area contributed by atoms with E-state index in [0.717, 1.165) is 16.4 Å². The summed E-state index contributed by atoms with van der Waals surface area (Å²) in [4.78, 5) is 11.3. The molecule has 3 aromatic rings. The summed E-state index contributed by atoms with van der Waals surface area (Å²) in [6, 6.07) is 4.96. The van der Waals surface area contributed by atoms with Crippen molar-refractivity contribution in [1.82, 2.24) is 10.2 Å². The lowest BCUT2D eigenvalue weighted by atomic mass is 10.4. The van der Waals surface area contributed by atoms with E-state index in [4.69, 9.17) is 13.9 Å². The molecule has 3 aromatic heterocycles. The van der Waals surface area contributed by atoms with Gasteiger partial charge >= 0.3 is 0 Å². The number of rotatable bonds is 6. The Labute approximate surface area is 133 Å². The largest absolute Gasteiger partial charge is 0.502 e. The van der Waals surface area contributed by atoms with Gasteiger partial charge in [-0.2, -0.15) is 0 Å². The number of aromatic hydroxyl groups is 1. The van der Waals surface area contributed by atoms with Crippen LogP contribution in [-0.4, -0.2) is 15.3 Å². The molecule has 0 saturated heterocycles. The van der Waals surface area contributed by atoms with Gasteiger partial charge in [-0.3, -0.25) is 4.79 Å². The number of hydrogen-bond donors (Lipinski definition) is 2. The Morgan fingerprint density at radius 3 is 3.00 bits per heavy atom. The summed E-state index contributed by atoms with van der Waals surface area (Å²) in [6.45, 7) is 0.541. The summed E-state index contributed by atoms with van der Waals surface area (Å²) >= 11 is 2.80. The Bertz CT molecular complexity index is 798. The van der Waals surface area contributed by atoms with Crippen LogP contribution in [0.1, 0.15) is 11.5 Å². The van der Waals surface area contributed by atoms with Gasteiger partial charge in [-0.25, -0.2) is 0 Å². The van der Waals surface area contributed by atoms with E-state index in [9.17, 15) is 4.79 Å². The fourth-order valence-electron chi connectivity index (χ4n) is 1.57. The molecule has 0 aliphatic heterocycles. The van der Waals surface area contributed by atoms with Crippen molar-refractivity contribution in [1.29, 1.82) is 0 Å². The van der Waals surface area contributed by atoms with Gasteiger partial charge in [0.25, 0.3) is 0 Å². The second kappa shape index (κ2) is 6.67. The van der Waals surface area contributed by atoms with Crippen molar-refractivity contribution in [3.8, 4) is 5.75 Å².